The zero-order valence-electron chi connectivity index (χ0n) is 10.9. The average Bonchev–Trinajstić information content (AvgIpc) is 2.91. The average molecular weight is 298 g/mol. The predicted octanol–water partition coefficient (Wildman–Crippen LogP) is 2.21. The standard InChI is InChI=1S/C13H15FN2O3S/c1-2-16(9-11-4-3-7-19-11)20(17,18)13-8-10(14)5-6-12(13)15/h3-8H,2,9,15H2,1H3. The summed E-state index contributed by atoms with van der Waals surface area (Å²) in [6, 6.07) is 6.63. The molecule has 0 bridgehead atoms. The Kier molecular flexibility index (Phi) is 4.10. The van der Waals surface area contributed by atoms with Crippen molar-refractivity contribution in [2.24, 2.45) is 0 Å². The summed E-state index contributed by atoms with van der Waals surface area (Å²) in [7, 11) is -3.87. The zero-order chi connectivity index (χ0) is 14.8. The summed E-state index contributed by atoms with van der Waals surface area (Å²) in [6.45, 7) is 1.98. The van der Waals surface area contributed by atoms with E-state index >= 15 is 0 Å². The smallest absolute Gasteiger partial charge is 0.245 e. The third-order valence-electron chi connectivity index (χ3n) is 2.86. The van der Waals surface area contributed by atoms with E-state index in [0.29, 0.717) is 5.76 Å². The molecular formula is C13H15FN2O3S. The van der Waals surface area contributed by atoms with Gasteiger partial charge in [-0.2, -0.15) is 4.31 Å². The van der Waals surface area contributed by atoms with E-state index in [1.165, 1.54) is 16.6 Å². The first-order chi connectivity index (χ1) is 9.45. The van der Waals surface area contributed by atoms with Gasteiger partial charge in [0.15, 0.2) is 0 Å². The monoisotopic (exact) mass is 298 g/mol. The molecule has 108 valence electrons. The van der Waals surface area contributed by atoms with Gasteiger partial charge >= 0.3 is 0 Å². The van der Waals surface area contributed by atoms with Crippen LogP contribution in [0.25, 0.3) is 0 Å². The van der Waals surface area contributed by atoms with Crippen LogP contribution >= 0.6 is 0 Å². The molecular weight excluding hydrogens is 283 g/mol. The Hall–Kier alpha value is -1.86. The first-order valence-electron chi connectivity index (χ1n) is 6.02. The Morgan fingerprint density at radius 2 is 2.10 bits per heavy atom. The SMILES string of the molecule is CCN(Cc1ccco1)S(=O)(=O)c1cc(F)ccc1N. The maximum absolute atomic E-state index is 13.3. The third-order valence-corrected chi connectivity index (χ3v) is 4.83. The molecule has 0 spiro atoms. The van der Waals surface area contributed by atoms with Crippen molar-refractivity contribution in [2.45, 2.75) is 18.4 Å². The van der Waals surface area contributed by atoms with Crippen molar-refractivity contribution in [3.63, 3.8) is 0 Å². The number of sulfonamides is 1. The molecule has 0 radical (unpaired) electrons. The highest BCUT2D eigenvalue weighted by Gasteiger charge is 2.26. The molecule has 2 N–H and O–H groups in total. The number of nitrogens with zero attached hydrogens (tertiary/aromatic N) is 1. The van der Waals surface area contributed by atoms with Crippen LogP contribution in [-0.2, 0) is 16.6 Å². The molecule has 0 amide bonds. The molecule has 0 saturated heterocycles. The van der Waals surface area contributed by atoms with Gasteiger partial charge < -0.3 is 10.2 Å². The van der Waals surface area contributed by atoms with Crippen LogP contribution in [0.4, 0.5) is 10.1 Å². The van der Waals surface area contributed by atoms with Crippen LogP contribution in [0.3, 0.4) is 0 Å². The number of halogens is 1. The van der Waals surface area contributed by atoms with Gasteiger partial charge in [0.05, 0.1) is 18.5 Å². The van der Waals surface area contributed by atoms with Gasteiger partial charge in [-0.3, -0.25) is 0 Å². The van der Waals surface area contributed by atoms with E-state index in [1.807, 2.05) is 0 Å². The van der Waals surface area contributed by atoms with Gasteiger partial charge in [0, 0.05) is 6.54 Å². The number of rotatable bonds is 5. The van der Waals surface area contributed by atoms with Crippen molar-refractivity contribution >= 4 is 15.7 Å². The number of hydrogen-bond donors (Lipinski definition) is 1. The van der Waals surface area contributed by atoms with Gasteiger partial charge in [0.1, 0.15) is 16.5 Å². The van der Waals surface area contributed by atoms with Crippen LogP contribution in [0, 0.1) is 5.82 Å². The molecule has 2 rings (SSSR count). The molecule has 0 aliphatic heterocycles. The Balaban J connectivity index is 2.38. The normalized spacial score (nSPS) is 11.9. The van der Waals surface area contributed by atoms with E-state index < -0.39 is 15.8 Å². The molecule has 0 atom stereocenters. The van der Waals surface area contributed by atoms with Crippen molar-refractivity contribution in [1.29, 1.82) is 0 Å². The van der Waals surface area contributed by atoms with E-state index in [1.54, 1.807) is 19.1 Å². The number of benzene rings is 1. The van der Waals surface area contributed by atoms with E-state index in [9.17, 15) is 12.8 Å². The van der Waals surface area contributed by atoms with Crippen molar-refractivity contribution in [2.75, 3.05) is 12.3 Å². The molecule has 0 aliphatic carbocycles. The lowest BCUT2D eigenvalue weighted by Gasteiger charge is -2.20. The highest BCUT2D eigenvalue weighted by atomic mass is 32.2. The Labute approximate surface area is 116 Å². The second kappa shape index (κ2) is 5.64. The van der Waals surface area contributed by atoms with Gasteiger partial charge in [0.25, 0.3) is 0 Å². The highest BCUT2D eigenvalue weighted by molar-refractivity contribution is 7.89. The van der Waals surface area contributed by atoms with Crippen molar-refractivity contribution in [1.82, 2.24) is 4.31 Å². The summed E-state index contributed by atoms with van der Waals surface area (Å²) in [5, 5.41) is 0. The van der Waals surface area contributed by atoms with Crippen LogP contribution < -0.4 is 5.73 Å². The summed E-state index contributed by atoms with van der Waals surface area (Å²) in [4.78, 5) is -0.231. The summed E-state index contributed by atoms with van der Waals surface area (Å²) < 4.78 is 44.6. The van der Waals surface area contributed by atoms with Crippen molar-refractivity contribution in [3.8, 4) is 0 Å². The molecule has 1 aromatic heterocycles. The van der Waals surface area contributed by atoms with Crippen LogP contribution in [-0.4, -0.2) is 19.3 Å². The number of anilines is 1. The topological polar surface area (TPSA) is 76.5 Å². The predicted molar refractivity (Wildman–Crippen MR) is 72.8 cm³/mol. The number of nitrogen functional groups attached to an aromatic ring is 1. The maximum Gasteiger partial charge on any atom is 0.245 e. The first-order valence-corrected chi connectivity index (χ1v) is 7.46. The zero-order valence-corrected chi connectivity index (χ0v) is 11.7. The fraction of sp³-hybridized carbons (Fsp3) is 0.231. The lowest BCUT2D eigenvalue weighted by atomic mass is 10.3. The Morgan fingerprint density at radius 3 is 2.70 bits per heavy atom. The molecule has 0 fully saturated rings. The minimum absolute atomic E-state index is 0.0179. The van der Waals surface area contributed by atoms with Crippen molar-refractivity contribution in [3.05, 3.63) is 48.2 Å². The Morgan fingerprint density at radius 1 is 1.35 bits per heavy atom. The molecule has 0 unspecified atom stereocenters. The van der Waals surface area contributed by atoms with Gasteiger partial charge in [-0.15, -0.1) is 0 Å². The van der Waals surface area contributed by atoms with E-state index in [-0.39, 0.29) is 23.7 Å². The molecule has 2 aromatic rings. The van der Waals surface area contributed by atoms with E-state index in [4.69, 9.17) is 10.2 Å². The summed E-state index contributed by atoms with van der Waals surface area (Å²) in [6.07, 6.45) is 1.46. The quantitative estimate of drug-likeness (QED) is 0.859. The number of hydrogen-bond acceptors (Lipinski definition) is 4. The van der Waals surface area contributed by atoms with Crippen LogP contribution in [0.5, 0.6) is 0 Å². The molecule has 5 nitrogen and oxygen atoms in total. The van der Waals surface area contributed by atoms with Crippen LogP contribution in [0.1, 0.15) is 12.7 Å². The fourth-order valence-electron chi connectivity index (χ4n) is 1.81. The molecule has 0 aliphatic rings. The second-order valence-electron chi connectivity index (χ2n) is 4.19. The molecule has 20 heavy (non-hydrogen) atoms. The van der Waals surface area contributed by atoms with Gasteiger partial charge in [-0.1, -0.05) is 6.92 Å². The highest BCUT2D eigenvalue weighted by Crippen LogP contribution is 2.24. The third kappa shape index (κ3) is 2.83. The van der Waals surface area contributed by atoms with Gasteiger partial charge in [0.2, 0.25) is 10.0 Å². The summed E-state index contributed by atoms with van der Waals surface area (Å²) in [5.41, 5.74) is 5.66. The number of furan rings is 1. The van der Waals surface area contributed by atoms with E-state index in [0.717, 1.165) is 12.1 Å². The second-order valence-corrected chi connectivity index (χ2v) is 6.10. The van der Waals surface area contributed by atoms with Crippen LogP contribution in [0.15, 0.2) is 45.9 Å². The molecule has 1 aromatic carbocycles. The lowest BCUT2D eigenvalue weighted by molar-refractivity contribution is 0.375. The van der Waals surface area contributed by atoms with Crippen molar-refractivity contribution < 1.29 is 17.2 Å². The Bertz CT molecular complexity index is 684. The summed E-state index contributed by atoms with van der Waals surface area (Å²) >= 11 is 0. The molecule has 1 heterocycles. The minimum Gasteiger partial charge on any atom is -0.468 e. The maximum atomic E-state index is 13.3. The van der Waals surface area contributed by atoms with Gasteiger partial charge in [-0.05, 0) is 30.3 Å². The fourth-order valence-corrected chi connectivity index (χ4v) is 3.36. The van der Waals surface area contributed by atoms with Crippen LogP contribution in [0.2, 0.25) is 0 Å². The number of nitrogens with two attached hydrogens (primary N) is 1. The largest absolute Gasteiger partial charge is 0.468 e. The van der Waals surface area contributed by atoms with E-state index in [2.05, 4.69) is 0 Å². The van der Waals surface area contributed by atoms with Gasteiger partial charge in [-0.25, -0.2) is 12.8 Å². The minimum atomic E-state index is -3.87. The molecule has 0 saturated carbocycles. The molecule has 7 heteroatoms. The summed E-state index contributed by atoms with van der Waals surface area (Å²) in [5.74, 6) is -0.141. The lowest BCUT2D eigenvalue weighted by Crippen LogP contribution is -2.31. The first kappa shape index (κ1) is 14.5.